The highest BCUT2D eigenvalue weighted by Gasteiger charge is 2.16. The lowest BCUT2D eigenvalue weighted by molar-refractivity contribution is -0.126. The van der Waals surface area contributed by atoms with E-state index in [1.54, 1.807) is 19.2 Å². The molecule has 0 aliphatic heterocycles. The smallest absolute Gasteiger partial charge is 0.240 e. The molecule has 92 valence electrons. The van der Waals surface area contributed by atoms with Crippen molar-refractivity contribution < 1.29 is 14.3 Å². The van der Waals surface area contributed by atoms with Crippen LogP contribution in [0, 0.1) is 0 Å². The van der Waals surface area contributed by atoms with Gasteiger partial charge in [0.15, 0.2) is 0 Å². The quantitative estimate of drug-likeness (QED) is 0.767. The monoisotopic (exact) mass is 236 g/mol. The van der Waals surface area contributed by atoms with Crippen LogP contribution in [0.4, 0.5) is 0 Å². The molecule has 0 spiro atoms. The first-order valence-electron chi connectivity index (χ1n) is 5.22. The first kappa shape index (κ1) is 13.0. The molecular weight excluding hydrogens is 220 g/mol. The molecule has 1 aromatic carbocycles. The maximum Gasteiger partial charge on any atom is 0.240 e. The summed E-state index contributed by atoms with van der Waals surface area (Å²) in [5, 5.41) is 2.51. The Labute approximate surface area is 99.9 Å². The Bertz CT molecular complexity index is 401. The van der Waals surface area contributed by atoms with Crippen LogP contribution in [0.3, 0.4) is 0 Å². The van der Waals surface area contributed by atoms with Crippen molar-refractivity contribution in [3.63, 3.8) is 0 Å². The Morgan fingerprint density at radius 2 is 1.94 bits per heavy atom. The molecule has 0 aliphatic rings. The molecule has 17 heavy (non-hydrogen) atoms. The zero-order valence-electron chi connectivity index (χ0n) is 9.90. The van der Waals surface area contributed by atoms with E-state index in [1.165, 1.54) is 6.92 Å². The third-order valence-corrected chi connectivity index (χ3v) is 2.32. The molecule has 1 rings (SSSR count). The predicted molar refractivity (Wildman–Crippen MR) is 63.5 cm³/mol. The van der Waals surface area contributed by atoms with Crippen LogP contribution in [0.2, 0.25) is 0 Å². The summed E-state index contributed by atoms with van der Waals surface area (Å²) in [6.07, 6.45) is 0.374. The van der Waals surface area contributed by atoms with E-state index in [1.807, 2.05) is 12.1 Å². The summed E-state index contributed by atoms with van der Waals surface area (Å²) in [6, 6.07) is 6.57. The second kappa shape index (κ2) is 5.89. The average molecular weight is 236 g/mol. The number of carbonyl (C=O) groups is 2. The molecule has 1 atom stereocenters. The number of hydrogen-bond donors (Lipinski definition) is 2. The number of primary amides is 1. The van der Waals surface area contributed by atoms with E-state index >= 15 is 0 Å². The molecule has 1 aromatic rings. The number of carbonyl (C=O) groups excluding carboxylic acids is 2. The average Bonchev–Trinajstić information content (AvgIpc) is 2.28. The Hall–Kier alpha value is -2.04. The van der Waals surface area contributed by atoms with E-state index in [0.717, 1.165) is 11.3 Å². The standard InChI is InChI=1S/C12H16N2O3/c1-8(15)14-11(12(13)16)7-9-3-5-10(17-2)6-4-9/h3-6,11H,7H2,1-2H3,(H2,13,16)(H,14,15)/t11-/m1/s1. The number of nitrogens with one attached hydrogen (secondary N) is 1. The summed E-state index contributed by atoms with van der Waals surface area (Å²) in [7, 11) is 1.58. The lowest BCUT2D eigenvalue weighted by atomic mass is 10.1. The Morgan fingerprint density at radius 3 is 2.35 bits per heavy atom. The van der Waals surface area contributed by atoms with Crippen LogP contribution < -0.4 is 15.8 Å². The fourth-order valence-corrected chi connectivity index (χ4v) is 1.47. The second-order valence-electron chi connectivity index (χ2n) is 3.71. The lowest BCUT2D eigenvalue weighted by Gasteiger charge is -2.14. The number of methoxy groups -OCH3 is 1. The zero-order chi connectivity index (χ0) is 12.8. The molecule has 0 saturated heterocycles. The zero-order valence-corrected chi connectivity index (χ0v) is 9.90. The summed E-state index contributed by atoms with van der Waals surface area (Å²) in [4.78, 5) is 22.1. The van der Waals surface area contributed by atoms with Gasteiger partial charge in [-0.05, 0) is 17.7 Å². The van der Waals surface area contributed by atoms with Crippen LogP contribution in [-0.4, -0.2) is 25.0 Å². The van der Waals surface area contributed by atoms with Gasteiger partial charge in [-0.3, -0.25) is 9.59 Å². The second-order valence-corrected chi connectivity index (χ2v) is 3.71. The molecule has 0 fully saturated rings. The minimum atomic E-state index is -0.680. The molecule has 0 unspecified atom stereocenters. The Kier molecular flexibility index (Phi) is 4.51. The minimum absolute atomic E-state index is 0.276. The molecule has 0 saturated carbocycles. The molecule has 0 aliphatic carbocycles. The molecule has 0 aromatic heterocycles. The van der Waals surface area contributed by atoms with E-state index in [2.05, 4.69) is 5.32 Å². The topological polar surface area (TPSA) is 81.4 Å². The number of amides is 2. The summed E-state index contributed by atoms with van der Waals surface area (Å²) in [6.45, 7) is 1.35. The Balaban J connectivity index is 2.71. The first-order chi connectivity index (χ1) is 8.02. The van der Waals surface area contributed by atoms with Gasteiger partial charge >= 0.3 is 0 Å². The predicted octanol–water partition coefficient (Wildman–Crippen LogP) is 0.228. The van der Waals surface area contributed by atoms with Gasteiger partial charge in [-0.2, -0.15) is 0 Å². The molecular formula is C12H16N2O3. The van der Waals surface area contributed by atoms with Gasteiger partial charge in [0.2, 0.25) is 11.8 Å². The molecule has 0 radical (unpaired) electrons. The fraction of sp³-hybridized carbons (Fsp3) is 0.333. The van der Waals surface area contributed by atoms with Crippen molar-refractivity contribution in [3.05, 3.63) is 29.8 Å². The number of hydrogen-bond acceptors (Lipinski definition) is 3. The van der Waals surface area contributed by atoms with Gasteiger partial charge in [0.25, 0.3) is 0 Å². The summed E-state index contributed by atoms with van der Waals surface area (Å²) < 4.78 is 5.02. The van der Waals surface area contributed by atoms with Crippen molar-refractivity contribution in [1.29, 1.82) is 0 Å². The van der Waals surface area contributed by atoms with Crippen LogP contribution in [0.15, 0.2) is 24.3 Å². The normalized spacial score (nSPS) is 11.6. The van der Waals surface area contributed by atoms with Crippen LogP contribution in [0.5, 0.6) is 5.75 Å². The highest BCUT2D eigenvalue weighted by Crippen LogP contribution is 2.12. The number of rotatable bonds is 5. The van der Waals surface area contributed by atoms with Gasteiger partial charge in [0, 0.05) is 13.3 Å². The van der Waals surface area contributed by atoms with Gasteiger partial charge in [0.05, 0.1) is 7.11 Å². The summed E-state index contributed by atoms with van der Waals surface area (Å²) in [5.41, 5.74) is 6.12. The highest BCUT2D eigenvalue weighted by atomic mass is 16.5. The van der Waals surface area contributed by atoms with E-state index < -0.39 is 11.9 Å². The summed E-state index contributed by atoms with van der Waals surface area (Å²) >= 11 is 0. The summed E-state index contributed by atoms with van der Waals surface area (Å²) in [5.74, 6) is -0.0813. The van der Waals surface area contributed by atoms with Crippen molar-refractivity contribution in [2.24, 2.45) is 5.73 Å². The first-order valence-corrected chi connectivity index (χ1v) is 5.22. The van der Waals surface area contributed by atoms with E-state index in [-0.39, 0.29) is 5.91 Å². The van der Waals surface area contributed by atoms with Gasteiger partial charge in [-0.1, -0.05) is 12.1 Å². The molecule has 0 heterocycles. The molecule has 5 heteroatoms. The molecule has 0 bridgehead atoms. The van der Waals surface area contributed by atoms with E-state index in [9.17, 15) is 9.59 Å². The van der Waals surface area contributed by atoms with Crippen LogP contribution in [0.1, 0.15) is 12.5 Å². The van der Waals surface area contributed by atoms with Crippen molar-refractivity contribution in [1.82, 2.24) is 5.32 Å². The molecule has 2 amide bonds. The molecule has 5 nitrogen and oxygen atoms in total. The van der Waals surface area contributed by atoms with Gasteiger partial charge in [-0.25, -0.2) is 0 Å². The lowest BCUT2D eigenvalue weighted by Crippen LogP contribution is -2.44. The number of nitrogens with two attached hydrogens (primary N) is 1. The minimum Gasteiger partial charge on any atom is -0.497 e. The number of benzene rings is 1. The van der Waals surface area contributed by atoms with Crippen molar-refractivity contribution in [2.75, 3.05) is 7.11 Å². The fourth-order valence-electron chi connectivity index (χ4n) is 1.47. The maximum atomic E-state index is 11.1. The van der Waals surface area contributed by atoms with Gasteiger partial charge in [-0.15, -0.1) is 0 Å². The largest absolute Gasteiger partial charge is 0.497 e. The van der Waals surface area contributed by atoms with Gasteiger partial charge in [0.1, 0.15) is 11.8 Å². The molecule has 3 N–H and O–H groups in total. The van der Waals surface area contributed by atoms with Crippen LogP contribution in [-0.2, 0) is 16.0 Å². The van der Waals surface area contributed by atoms with Crippen molar-refractivity contribution >= 4 is 11.8 Å². The van der Waals surface area contributed by atoms with E-state index in [4.69, 9.17) is 10.5 Å². The highest BCUT2D eigenvalue weighted by molar-refractivity contribution is 5.85. The van der Waals surface area contributed by atoms with Crippen molar-refractivity contribution in [2.45, 2.75) is 19.4 Å². The van der Waals surface area contributed by atoms with Crippen molar-refractivity contribution in [3.8, 4) is 5.75 Å². The maximum absolute atomic E-state index is 11.1. The van der Waals surface area contributed by atoms with Gasteiger partial charge < -0.3 is 15.8 Å². The van der Waals surface area contributed by atoms with Crippen LogP contribution in [0.25, 0.3) is 0 Å². The van der Waals surface area contributed by atoms with E-state index in [0.29, 0.717) is 6.42 Å². The third-order valence-electron chi connectivity index (χ3n) is 2.32. The van der Waals surface area contributed by atoms with Crippen LogP contribution >= 0.6 is 0 Å². The SMILES string of the molecule is COc1ccc(C[C@@H](NC(C)=O)C(N)=O)cc1. The number of ether oxygens (including phenoxy) is 1. The Morgan fingerprint density at radius 1 is 1.35 bits per heavy atom. The third kappa shape index (κ3) is 4.14.